The summed E-state index contributed by atoms with van der Waals surface area (Å²) in [6.07, 6.45) is 1.24. The molecule has 0 N–H and O–H groups in total. The lowest BCUT2D eigenvalue weighted by molar-refractivity contribution is -0.117. The van der Waals surface area contributed by atoms with Crippen molar-refractivity contribution < 1.29 is 9.18 Å². The van der Waals surface area contributed by atoms with Crippen LogP contribution in [0.1, 0.15) is 18.9 Å². The van der Waals surface area contributed by atoms with Gasteiger partial charge < -0.3 is 0 Å². The zero-order valence-electron chi connectivity index (χ0n) is 8.57. The van der Waals surface area contributed by atoms with E-state index in [0.29, 0.717) is 18.6 Å². The first-order valence-corrected chi connectivity index (χ1v) is 6.02. The monoisotopic (exact) mass is 224 g/mol. The first kappa shape index (κ1) is 10.7. The summed E-state index contributed by atoms with van der Waals surface area (Å²) in [5, 5.41) is 0.339. The molecule has 0 aliphatic carbocycles. The Balaban J connectivity index is 2.05. The number of benzene rings is 1. The molecule has 1 heterocycles. The Morgan fingerprint density at radius 2 is 2.20 bits per heavy atom. The number of carbonyl (C=O) groups excluding carboxylic acids is 1. The molecule has 80 valence electrons. The largest absolute Gasteiger partial charge is 0.298 e. The lowest BCUT2D eigenvalue weighted by atomic mass is 10.1. The molecule has 2 rings (SSSR count). The molecule has 0 spiro atoms. The summed E-state index contributed by atoms with van der Waals surface area (Å²) in [6, 6.07) is 6.79. The topological polar surface area (TPSA) is 17.1 Å². The SMILES string of the molecule is CC1SC(Cc2ccccc2F)CC1=O. The van der Waals surface area contributed by atoms with Gasteiger partial charge in [-0.2, -0.15) is 0 Å². The van der Waals surface area contributed by atoms with Crippen molar-refractivity contribution in [2.45, 2.75) is 30.3 Å². The van der Waals surface area contributed by atoms with Crippen LogP contribution in [0.2, 0.25) is 0 Å². The second-order valence-electron chi connectivity index (χ2n) is 3.87. The summed E-state index contributed by atoms with van der Waals surface area (Å²) in [7, 11) is 0. The molecular weight excluding hydrogens is 211 g/mol. The molecule has 1 aliphatic rings. The Kier molecular flexibility index (Phi) is 3.10. The maximum Gasteiger partial charge on any atom is 0.146 e. The molecule has 1 fully saturated rings. The molecule has 0 saturated carbocycles. The van der Waals surface area contributed by atoms with Gasteiger partial charge in [0.15, 0.2) is 0 Å². The summed E-state index contributed by atoms with van der Waals surface area (Å²) >= 11 is 1.66. The number of Topliss-reactive ketones (excluding diaryl/α,β-unsaturated/α-hetero) is 1. The van der Waals surface area contributed by atoms with Gasteiger partial charge in [-0.25, -0.2) is 4.39 Å². The second kappa shape index (κ2) is 4.35. The summed E-state index contributed by atoms with van der Waals surface area (Å²) in [5.74, 6) is 0.131. The molecule has 3 heteroatoms. The van der Waals surface area contributed by atoms with Crippen LogP contribution in [0.5, 0.6) is 0 Å². The molecule has 0 bridgehead atoms. The van der Waals surface area contributed by atoms with Crippen LogP contribution in [0.25, 0.3) is 0 Å². The fourth-order valence-corrected chi connectivity index (χ4v) is 3.19. The maximum atomic E-state index is 13.3. The molecule has 0 amide bonds. The highest BCUT2D eigenvalue weighted by Crippen LogP contribution is 2.33. The van der Waals surface area contributed by atoms with Crippen molar-refractivity contribution in [2.24, 2.45) is 0 Å². The van der Waals surface area contributed by atoms with E-state index in [9.17, 15) is 9.18 Å². The van der Waals surface area contributed by atoms with Crippen molar-refractivity contribution in [3.8, 4) is 0 Å². The summed E-state index contributed by atoms with van der Waals surface area (Å²) in [6.45, 7) is 1.92. The van der Waals surface area contributed by atoms with Crippen LogP contribution >= 0.6 is 11.8 Å². The molecule has 1 saturated heterocycles. The Morgan fingerprint density at radius 1 is 1.47 bits per heavy atom. The molecule has 1 aromatic rings. The highest BCUT2D eigenvalue weighted by Gasteiger charge is 2.30. The standard InChI is InChI=1S/C12H13FOS/c1-8-12(14)7-10(15-8)6-9-4-2-3-5-11(9)13/h2-5,8,10H,6-7H2,1H3. The van der Waals surface area contributed by atoms with E-state index in [4.69, 9.17) is 0 Å². The molecule has 1 nitrogen and oxygen atoms in total. The van der Waals surface area contributed by atoms with E-state index in [0.717, 1.165) is 5.56 Å². The lowest BCUT2D eigenvalue weighted by Crippen LogP contribution is -2.06. The first-order valence-electron chi connectivity index (χ1n) is 5.08. The zero-order valence-corrected chi connectivity index (χ0v) is 9.39. The van der Waals surface area contributed by atoms with Gasteiger partial charge in [0.25, 0.3) is 0 Å². The Hall–Kier alpha value is -0.830. The quantitative estimate of drug-likeness (QED) is 0.768. The summed E-state index contributed by atoms with van der Waals surface area (Å²) < 4.78 is 13.3. The van der Waals surface area contributed by atoms with Crippen molar-refractivity contribution in [3.63, 3.8) is 0 Å². The Labute approximate surface area is 93.1 Å². The lowest BCUT2D eigenvalue weighted by Gasteiger charge is -2.08. The average Bonchev–Trinajstić information content (AvgIpc) is 2.50. The van der Waals surface area contributed by atoms with Gasteiger partial charge in [0.05, 0.1) is 5.25 Å². The van der Waals surface area contributed by atoms with Crippen LogP contribution < -0.4 is 0 Å². The molecule has 15 heavy (non-hydrogen) atoms. The smallest absolute Gasteiger partial charge is 0.146 e. The van der Waals surface area contributed by atoms with Crippen LogP contribution in [0, 0.1) is 5.82 Å². The minimum Gasteiger partial charge on any atom is -0.298 e. The number of thioether (sulfide) groups is 1. The maximum absolute atomic E-state index is 13.3. The molecule has 0 radical (unpaired) electrons. The third kappa shape index (κ3) is 2.40. The van der Waals surface area contributed by atoms with E-state index in [-0.39, 0.29) is 16.3 Å². The van der Waals surface area contributed by atoms with E-state index in [1.54, 1.807) is 23.9 Å². The van der Waals surface area contributed by atoms with E-state index in [1.807, 2.05) is 13.0 Å². The zero-order chi connectivity index (χ0) is 10.8. The normalized spacial score (nSPS) is 25.9. The fraction of sp³-hybridized carbons (Fsp3) is 0.417. The number of hydrogen-bond acceptors (Lipinski definition) is 2. The number of halogens is 1. The Morgan fingerprint density at radius 3 is 2.80 bits per heavy atom. The summed E-state index contributed by atoms with van der Waals surface area (Å²) in [5.41, 5.74) is 0.719. The van der Waals surface area contributed by atoms with Gasteiger partial charge in [0.2, 0.25) is 0 Å². The molecular formula is C12H13FOS. The van der Waals surface area contributed by atoms with Crippen molar-refractivity contribution >= 4 is 17.5 Å². The van der Waals surface area contributed by atoms with Gasteiger partial charge in [0, 0.05) is 11.7 Å². The predicted molar refractivity (Wildman–Crippen MR) is 60.6 cm³/mol. The van der Waals surface area contributed by atoms with E-state index in [2.05, 4.69) is 0 Å². The van der Waals surface area contributed by atoms with Gasteiger partial charge in [-0.05, 0) is 25.0 Å². The minimum atomic E-state index is -0.162. The Bertz CT molecular complexity index is 378. The summed E-state index contributed by atoms with van der Waals surface area (Å²) in [4.78, 5) is 11.3. The van der Waals surface area contributed by atoms with Crippen LogP contribution in [0.3, 0.4) is 0 Å². The van der Waals surface area contributed by atoms with Gasteiger partial charge >= 0.3 is 0 Å². The molecule has 2 unspecified atom stereocenters. The van der Waals surface area contributed by atoms with Crippen molar-refractivity contribution in [2.75, 3.05) is 0 Å². The van der Waals surface area contributed by atoms with Crippen LogP contribution in [0.15, 0.2) is 24.3 Å². The predicted octanol–water partition coefficient (Wildman–Crippen LogP) is 2.83. The van der Waals surface area contributed by atoms with Crippen LogP contribution in [0.4, 0.5) is 4.39 Å². The third-order valence-electron chi connectivity index (χ3n) is 2.68. The highest BCUT2D eigenvalue weighted by molar-refractivity contribution is 8.01. The minimum absolute atomic E-state index is 0.0850. The number of hydrogen-bond donors (Lipinski definition) is 0. The molecule has 1 aromatic carbocycles. The van der Waals surface area contributed by atoms with E-state index < -0.39 is 0 Å². The van der Waals surface area contributed by atoms with E-state index in [1.165, 1.54) is 6.07 Å². The fourth-order valence-electron chi connectivity index (χ4n) is 1.83. The van der Waals surface area contributed by atoms with Crippen molar-refractivity contribution in [3.05, 3.63) is 35.6 Å². The molecule has 0 aromatic heterocycles. The van der Waals surface area contributed by atoms with Gasteiger partial charge in [-0.3, -0.25) is 4.79 Å². The van der Waals surface area contributed by atoms with Crippen LogP contribution in [-0.2, 0) is 11.2 Å². The van der Waals surface area contributed by atoms with Gasteiger partial charge in [-0.1, -0.05) is 18.2 Å². The van der Waals surface area contributed by atoms with Gasteiger partial charge in [-0.15, -0.1) is 11.8 Å². The second-order valence-corrected chi connectivity index (χ2v) is 5.51. The van der Waals surface area contributed by atoms with Crippen molar-refractivity contribution in [1.29, 1.82) is 0 Å². The van der Waals surface area contributed by atoms with Crippen LogP contribution in [-0.4, -0.2) is 16.3 Å². The number of carbonyl (C=O) groups is 1. The number of rotatable bonds is 2. The highest BCUT2D eigenvalue weighted by atomic mass is 32.2. The molecule has 1 aliphatic heterocycles. The van der Waals surface area contributed by atoms with Gasteiger partial charge in [0.1, 0.15) is 11.6 Å². The average molecular weight is 224 g/mol. The number of ketones is 1. The molecule has 2 atom stereocenters. The van der Waals surface area contributed by atoms with E-state index >= 15 is 0 Å². The van der Waals surface area contributed by atoms with Crippen molar-refractivity contribution in [1.82, 2.24) is 0 Å². The first-order chi connectivity index (χ1) is 7.16. The third-order valence-corrected chi connectivity index (χ3v) is 4.07.